The molecule has 1 heterocycles. The van der Waals surface area contributed by atoms with E-state index in [4.69, 9.17) is 30.5 Å². The van der Waals surface area contributed by atoms with Gasteiger partial charge in [0.15, 0.2) is 12.2 Å². The summed E-state index contributed by atoms with van der Waals surface area (Å²) in [6.45, 7) is 3.45. The van der Waals surface area contributed by atoms with E-state index in [9.17, 15) is 9.59 Å². The Bertz CT molecular complexity index is 532. The van der Waals surface area contributed by atoms with Gasteiger partial charge in [-0.25, -0.2) is 9.97 Å². The molecule has 0 radical (unpaired) electrons. The SMILES string of the molecule is CCOC(=O)C(C(=O)OCC)c1nc(Cl)ncc1C(OC)OC. The number of esters is 2. The van der Waals surface area contributed by atoms with E-state index in [-0.39, 0.29) is 29.8 Å². The summed E-state index contributed by atoms with van der Waals surface area (Å²) in [5, 5.41) is -0.131. The summed E-state index contributed by atoms with van der Waals surface area (Å²) in [7, 11) is 2.80. The molecule has 128 valence electrons. The van der Waals surface area contributed by atoms with Gasteiger partial charge in [-0.2, -0.15) is 0 Å². The number of hydrogen-bond donors (Lipinski definition) is 0. The molecule has 0 bridgehead atoms. The van der Waals surface area contributed by atoms with Crippen molar-refractivity contribution in [2.75, 3.05) is 27.4 Å². The molecule has 0 aliphatic rings. The molecule has 0 N–H and O–H groups in total. The molecule has 0 saturated carbocycles. The molecule has 23 heavy (non-hydrogen) atoms. The van der Waals surface area contributed by atoms with Crippen molar-refractivity contribution in [2.45, 2.75) is 26.1 Å². The van der Waals surface area contributed by atoms with Gasteiger partial charge in [0.2, 0.25) is 5.28 Å². The molecule has 8 nitrogen and oxygen atoms in total. The summed E-state index contributed by atoms with van der Waals surface area (Å²) in [6, 6.07) is 0. The van der Waals surface area contributed by atoms with E-state index in [1.165, 1.54) is 20.4 Å². The molecule has 0 spiro atoms. The van der Waals surface area contributed by atoms with Crippen LogP contribution >= 0.6 is 11.6 Å². The molecule has 9 heteroatoms. The number of nitrogens with zero attached hydrogens (tertiary/aromatic N) is 2. The van der Waals surface area contributed by atoms with Crippen LogP contribution in [0.25, 0.3) is 0 Å². The highest BCUT2D eigenvalue weighted by atomic mass is 35.5. The summed E-state index contributed by atoms with van der Waals surface area (Å²) in [4.78, 5) is 32.3. The van der Waals surface area contributed by atoms with Crippen LogP contribution in [-0.4, -0.2) is 49.3 Å². The van der Waals surface area contributed by atoms with Crippen LogP contribution in [0.15, 0.2) is 6.20 Å². The van der Waals surface area contributed by atoms with Crippen LogP contribution < -0.4 is 0 Å². The molecular formula is C14H19ClN2O6. The zero-order chi connectivity index (χ0) is 17.4. The maximum Gasteiger partial charge on any atom is 0.326 e. The van der Waals surface area contributed by atoms with Crippen LogP contribution in [0.2, 0.25) is 5.28 Å². The third-order valence-corrected chi connectivity index (χ3v) is 3.00. The predicted molar refractivity (Wildman–Crippen MR) is 79.8 cm³/mol. The minimum absolute atomic E-state index is 0.0237. The van der Waals surface area contributed by atoms with Gasteiger partial charge in [0.1, 0.15) is 0 Å². The second-order valence-corrected chi connectivity index (χ2v) is 4.56. The molecule has 0 aliphatic heterocycles. The second kappa shape index (κ2) is 9.39. The Morgan fingerprint density at radius 1 is 1.13 bits per heavy atom. The predicted octanol–water partition coefficient (Wildman–Crippen LogP) is 1.63. The molecule has 0 saturated heterocycles. The lowest BCUT2D eigenvalue weighted by Crippen LogP contribution is -2.29. The molecule has 1 aromatic heterocycles. The van der Waals surface area contributed by atoms with E-state index in [2.05, 4.69) is 9.97 Å². The molecule has 1 aromatic rings. The van der Waals surface area contributed by atoms with Crippen LogP contribution in [0.4, 0.5) is 0 Å². The molecule has 0 atom stereocenters. The number of ether oxygens (including phenoxy) is 4. The Balaban J connectivity index is 3.41. The fourth-order valence-electron chi connectivity index (χ4n) is 1.92. The van der Waals surface area contributed by atoms with Crippen molar-refractivity contribution in [2.24, 2.45) is 0 Å². The first-order chi connectivity index (χ1) is 11.0. The van der Waals surface area contributed by atoms with Gasteiger partial charge < -0.3 is 18.9 Å². The minimum Gasteiger partial charge on any atom is -0.465 e. The highest BCUT2D eigenvalue weighted by Gasteiger charge is 2.37. The second-order valence-electron chi connectivity index (χ2n) is 4.22. The van der Waals surface area contributed by atoms with Crippen molar-refractivity contribution in [1.82, 2.24) is 9.97 Å². The van der Waals surface area contributed by atoms with Crippen molar-refractivity contribution in [3.8, 4) is 0 Å². The van der Waals surface area contributed by atoms with Crippen molar-refractivity contribution in [3.63, 3.8) is 0 Å². The molecular weight excluding hydrogens is 328 g/mol. The van der Waals surface area contributed by atoms with Gasteiger partial charge in [-0.05, 0) is 25.4 Å². The van der Waals surface area contributed by atoms with Gasteiger partial charge in [-0.3, -0.25) is 9.59 Å². The van der Waals surface area contributed by atoms with Gasteiger partial charge in [0, 0.05) is 26.0 Å². The summed E-state index contributed by atoms with van der Waals surface area (Å²) in [6.07, 6.45) is 0.446. The number of hydrogen-bond acceptors (Lipinski definition) is 8. The van der Waals surface area contributed by atoms with Crippen molar-refractivity contribution < 1.29 is 28.5 Å². The lowest BCUT2D eigenvalue weighted by atomic mass is 10.0. The summed E-state index contributed by atoms with van der Waals surface area (Å²) < 4.78 is 20.2. The van der Waals surface area contributed by atoms with Crippen LogP contribution in [0.1, 0.15) is 37.3 Å². The van der Waals surface area contributed by atoms with E-state index in [0.717, 1.165) is 0 Å². The number of rotatable bonds is 8. The first-order valence-corrected chi connectivity index (χ1v) is 7.29. The van der Waals surface area contributed by atoms with Gasteiger partial charge in [0.25, 0.3) is 0 Å². The highest BCUT2D eigenvalue weighted by Crippen LogP contribution is 2.28. The molecule has 0 unspecified atom stereocenters. The van der Waals surface area contributed by atoms with Crippen molar-refractivity contribution in [3.05, 3.63) is 22.7 Å². The summed E-state index contributed by atoms with van der Waals surface area (Å²) >= 11 is 5.81. The van der Waals surface area contributed by atoms with Crippen LogP contribution in [0, 0.1) is 0 Å². The Morgan fingerprint density at radius 2 is 1.65 bits per heavy atom. The van der Waals surface area contributed by atoms with E-state index >= 15 is 0 Å². The Labute approximate surface area is 139 Å². The third kappa shape index (κ3) is 4.85. The number of carbonyl (C=O) groups excluding carboxylic acids is 2. The van der Waals surface area contributed by atoms with E-state index in [1.54, 1.807) is 13.8 Å². The number of aromatic nitrogens is 2. The van der Waals surface area contributed by atoms with E-state index < -0.39 is 24.1 Å². The molecule has 0 aliphatic carbocycles. The van der Waals surface area contributed by atoms with E-state index in [1.807, 2.05) is 0 Å². The van der Waals surface area contributed by atoms with Crippen LogP contribution in [0.5, 0.6) is 0 Å². The average molecular weight is 347 g/mol. The standard InChI is InChI=1S/C14H19ClN2O6/c1-5-22-11(18)9(12(19)23-6-2)10-8(13(20-3)21-4)7-16-14(15)17-10/h7,9,13H,5-6H2,1-4H3. The Hall–Kier alpha value is -1.77. The molecule has 0 aromatic carbocycles. The van der Waals surface area contributed by atoms with Crippen molar-refractivity contribution >= 4 is 23.5 Å². The largest absolute Gasteiger partial charge is 0.465 e. The van der Waals surface area contributed by atoms with Gasteiger partial charge in [-0.1, -0.05) is 0 Å². The van der Waals surface area contributed by atoms with Crippen LogP contribution in [0.3, 0.4) is 0 Å². The smallest absolute Gasteiger partial charge is 0.326 e. The fourth-order valence-corrected chi connectivity index (χ4v) is 2.06. The monoisotopic (exact) mass is 346 g/mol. The van der Waals surface area contributed by atoms with Gasteiger partial charge >= 0.3 is 11.9 Å². The van der Waals surface area contributed by atoms with E-state index in [0.29, 0.717) is 0 Å². The average Bonchev–Trinajstić information content (AvgIpc) is 2.51. The fraction of sp³-hybridized carbons (Fsp3) is 0.571. The van der Waals surface area contributed by atoms with Gasteiger partial charge in [0.05, 0.1) is 18.9 Å². The molecule has 1 rings (SSSR count). The van der Waals surface area contributed by atoms with Crippen LogP contribution in [-0.2, 0) is 28.5 Å². The number of methoxy groups -OCH3 is 2. The number of carbonyl (C=O) groups is 2. The Morgan fingerprint density at radius 3 is 2.09 bits per heavy atom. The maximum atomic E-state index is 12.2. The maximum absolute atomic E-state index is 12.2. The normalized spacial score (nSPS) is 10.9. The quantitative estimate of drug-likeness (QED) is 0.303. The summed E-state index contributed by atoms with van der Waals surface area (Å²) in [5.74, 6) is -3.00. The first-order valence-electron chi connectivity index (χ1n) is 6.91. The molecule has 0 amide bonds. The van der Waals surface area contributed by atoms with Crippen molar-refractivity contribution in [1.29, 1.82) is 0 Å². The Kier molecular flexibility index (Phi) is 7.87. The zero-order valence-corrected chi connectivity index (χ0v) is 14.1. The number of halogens is 1. The highest BCUT2D eigenvalue weighted by molar-refractivity contribution is 6.28. The summed E-state index contributed by atoms with van der Waals surface area (Å²) in [5.41, 5.74) is 0.307. The minimum atomic E-state index is -1.40. The lowest BCUT2D eigenvalue weighted by Gasteiger charge is -2.20. The third-order valence-electron chi connectivity index (χ3n) is 2.82. The topological polar surface area (TPSA) is 96.8 Å². The lowest BCUT2D eigenvalue weighted by molar-refractivity contribution is -0.157. The molecule has 0 fully saturated rings. The van der Waals surface area contributed by atoms with Gasteiger partial charge in [-0.15, -0.1) is 0 Å². The zero-order valence-electron chi connectivity index (χ0n) is 13.4. The first kappa shape index (κ1) is 19.3.